The Labute approximate surface area is 189 Å². The Morgan fingerprint density at radius 3 is 2.55 bits per heavy atom. The summed E-state index contributed by atoms with van der Waals surface area (Å²) in [5.41, 5.74) is 2.43. The second-order valence-electron chi connectivity index (χ2n) is 8.40. The number of aryl methyl sites for hydroxylation is 1. The van der Waals surface area contributed by atoms with E-state index in [1.807, 2.05) is 13.0 Å². The highest BCUT2D eigenvalue weighted by atomic mass is 19.3. The number of ether oxygens (including phenoxy) is 2. The van der Waals surface area contributed by atoms with Gasteiger partial charge in [0.15, 0.2) is 23.2 Å². The Kier molecular flexibility index (Phi) is 5.82. The Balaban J connectivity index is 1.29. The number of benzene rings is 1. The molecule has 174 valence electrons. The number of fused-ring (bicyclic) bond motifs is 1. The van der Waals surface area contributed by atoms with Gasteiger partial charge in [-0.1, -0.05) is 0 Å². The zero-order valence-corrected chi connectivity index (χ0v) is 18.1. The van der Waals surface area contributed by atoms with Crippen molar-refractivity contribution in [2.75, 3.05) is 23.3 Å². The number of rotatable bonds is 7. The summed E-state index contributed by atoms with van der Waals surface area (Å²) in [4.78, 5) is 16.2. The van der Waals surface area contributed by atoms with Crippen molar-refractivity contribution in [1.82, 2.24) is 15.0 Å². The van der Waals surface area contributed by atoms with Gasteiger partial charge in [0.1, 0.15) is 17.4 Å². The number of pyridine rings is 1. The maximum absolute atomic E-state index is 14.3. The summed E-state index contributed by atoms with van der Waals surface area (Å²) in [5, 5.41) is 3.48. The van der Waals surface area contributed by atoms with E-state index in [0.29, 0.717) is 32.0 Å². The lowest BCUT2D eigenvalue weighted by Crippen LogP contribution is -2.39. The molecular weight excluding hydrogens is 435 g/mol. The molecule has 2 aliphatic rings. The van der Waals surface area contributed by atoms with Gasteiger partial charge in [0.2, 0.25) is 0 Å². The molecule has 10 heteroatoms. The van der Waals surface area contributed by atoms with Gasteiger partial charge in [0.05, 0.1) is 11.7 Å². The fourth-order valence-corrected chi connectivity index (χ4v) is 3.91. The number of hydrogen-bond donors (Lipinski definition) is 1. The Hall–Kier alpha value is -3.30. The molecule has 1 saturated heterocycles. The highest BCUT2D eigenvalue weighted by Crippen LogP contribution is 2.33. The van der Waals surface area contributed by atoms with Crippen LogP contribution < -0.4 is 19.7 Å². The first kappa shape index (κ1) is 21.5. The van der Waals surface area contributed by atoms with Gasteiger partial charge in [-0.15, -0.1) is 0 Å². The highest BCUT2D eigenvalue weighted by Gasteiger charge is 2.28. The van der Waals surface area contributed by atoms with Crippen molar-refractivity contribution in [3.63, 3.8) is 0 Å². The third-order valence-corrected chi connectivity index (χ3v) is 5.75. The number of anilines is 2. The zero-order valence-electron chi connectivity index (χ0n) is 18.1. The quantitative estimate of drug-likeness (QED) is 0.549. The standard InChI is InChI=1S/C23H24F3N5O2/c1-13-10-18-19(12-27-13)29-21(28-14-2-3-14)22(30-18)31-8-6-15(7-9-31)32-20-5-4-16(11-17(20)24)33-23(25)26/h4-5,10-12,14-15,23H,2-3,6-9H2,1H3,(H,28,29). The SMILES string of the molecule is Cc1cc2nc(N3CCC(Oc4ccc(OC(F)F)cc4F)CC3)c(NC3CC3)nc2cn1. The summed E-state index contributed by atoms with van der Waals surface area (Å²) in [7, 11) is 0. The first-order valence-corrected chi connectivity index (χ1v) is 11.0. The van der Waals surface area contributed by atoms with Crippen LogP contribution in [-0.4, -0.2) is 46.8 Å². The van der Waals surface area contributed by atoms with Crippen molar-refractivity contribution >= 4 is 22.7 Å². The average molecular weight is 459 g/mol. The first-order valence-electron chi connectivity index (χ1n) is 11.0. The van der Waals surface area contributed by atoms with Gasteiger partial charge in [-0.05, 0) is 38.0 Å². The maximum atomic E-state index is 14.3. The van der Waals surface area contributed by atoms with Gasteiger partial charge < -0.3 is 19.7 Å². The molecule has 3 aromatic rings. The van der Waals surface area contributed by atoms with Gasteiger partial charge in [-0.2, -0.15) is 8.78 Å². The predicted octanol–water partition coefficient (Wildman–Crippen LogP) is 4.70. The molecule has 1 saturated carbocycles. The molecule has 1 aliphatic heterocycles. The van der Waals surface area contributed by atoms with Crippen LogP contribution in [0, 0.1) is 12.7 Å². The summed E-state index contributed by atoms with van der Waals surface area (Å²) < 4.78 is 48.9. The number of nitrogens with zero attached hydrogens (tertiary/aromatic N) is 4. The Morgan fingerprint density at radius 1 is 1.06 bits per heavy atom. The van der Waals surface area contributed by atoms with Crippen LogP contribution in [0.3, 0.4) is 0 Å². The van der Waals surface area contributed by atoms with Crippen molar-refractivity contribution in [3.8, 4) is 11.5 Å². The minimum Gasteiger partial charge on any atom is -0.487 e. The lowest BCUT2D eigenvalue weighted by atomic mass is 10.1. The largest absolute Gasteiger partial charge is 0.487 e. The van der Waals surface area contributed by atoms with Crippen molar-refractivity contribution in [1.29, 1.82) is 0 Å². The van der Waals surface area contributed by atoms with E-state index >= 15 is 0 Å². The third-order valence-electron chi connectivity index (χ3n) is 5.75. The second-order valence-corrected chi connectivity index (χ2v) is 8.40. The van der Waals surface area contributed by atoms with Crippen molar-refractivity contribution in [2.24, 2.45) is 0 Å². The van der Waals surface area contributed by atoms with Crippen LogP contribution in [0.5, 0.6) is 11.5 Å². The summed E-state index contributed by atoms with van der Waals surface area (Å²) in [6.45, 7) is 0.258. The minimum atomic E-state index is -3.00. The molecule has 2 aromatic heterocycles. The maximum Gasteiger partial charge on any atom is 0.387 e. The van der Waals surface area contributed by atoms with Gasteiger partial charge >= 0.3 is 6.61 Å². The molecule has 1 aliphatic carbocycles. The molecule has 0 amide bonds. The fourth-order valence-electron chi connectivity index (χ4n) is 3.91. The summed E-state index contributed by atoms with van der Waals surface area (Å²) in [5.74, 6) is 0.630. The van der Waals surface area contributed by atoms with E-state index in [1.165, 1.54) is 12.1 Å². The highest BCUT2D eigenvalue weighted by molar-refractivity contribution is 5.80. The normalized spacial score (nSPS) is 16.9. The smallest absolute Gasteiger partial charge is 0.387 e. The van der Waals surface area contributed by atoms with Crippen LogP contribution in [0.4, 0.5) is 24.8 Å². The van der Waals surface area contributed by atoms with E-state index in [2.05, 4.69) is 19.9 Å². The van der Waals surface area contributed by atoms with Crippen LogP contribution in [0.2, 0.25) is 0 Å². The number of aromatic nitrogens is 3. The van der Waals surface area contributed by atoms with Gasteiger partial charge in [-0.25, -0.2) is 14.4 Å². The van der Waals surface area contributed by atoms with Crippen LogP contribution in [0.15, 0.2) is 30.5 Å². The molecule has 0 spiro atoms. The van der Waals surface area contributed by atoms with Gasteiger partial charge in [0, 0.05) is 43.7 Å². The molecule has 1 N–H and O–H groups in total. The molecule has 0 radical (unpaired) electrons. The van der Waals surface area contributed by atoms with E-state index < -0.39 is 12.4 Å². The Bertz CT molecular complexity index is 1150. The molecule has 5 rings (SSSR count). The molecule has 33 heavy (non-hydrogen) atoms. The first-order chi connectivity index (χ1) is 15.9. The number of piperidine rings is 1. The van der Waals surface area contributed by atoms with Crippen LogP contribution in [0.1, 0.15) is 31.4 Å². The second kappa shape index (κ2) is 8.92. The van der Waals surface area contributed by atoms with Gasteiger partial charge in [-0.3, -0.25) is 4.98 Å². The van der Waals surface area contributed by atoms with Crippen molar-refractivity contribution in [3.05, 3.63) is 42.0 Å². The number of halogens is 3. The molecule has 3 heterocycles. The summed E-state index contributed by atoms with van der Waals surface area (Å²) >= 11 is 0. The van der Waals surface area contributed by atoms with E-state index in [0.717, 1.165) is 47.3 Å². The number of alkyl halides is 2. The number of nitrogens with one attached hydrogen (secondary N) is 1. The van der Waals surface area contributed by atoms with E-state index in [9.17, 15) is 13.2 Å². The third kappa shape index (κ3) is 5.04. The molecule has 0 unspecified atom stereocenters. The van der Waals surface area contributed by atoms with Gasteiger partial charge in [0.25, 0.3) is 0 Å². The predicted molar refractivity (Wildman–Crippen MR) is 118 cm³/mol. The monoisotopic (exact) mass is 459 g/mol. The molecule has 0 atom stereocenters. The fraction of sp³-hybridized carbons (Fsp3) is 0.435. The van der Waals surface area contributed by atoms with Crippen molar-refractivity contribution < 1.29 is 22.6 Å². The average Bonchev–Trinajstić information content (AvgIpc) is 3.60. The summed E-state index contributed by atoms with van der Waals surface area (Å²) in [6, 6.07) is 5.86. The molecule has 0 bridgehead atoms. The topological polar surface area (TPSA) is 72.4 Å². The lowest BCUT2D eigenvalue weighted by Gasteiger charge is -2.33. The van der Waals surface area contributed by atoms with Crippen LogP contribution in [0.25, 0.3) is 11.0 Å². The molecular formula is C23H24F3N5O2. The van der Waals surface area contributed by atoms with E-state index in [1.54, 1.807) is 6.20 Å². The lowest BCUT2D eigenvalue weighted by molar-refractivity contribution is -0.0500. The molecule has 7 nitrogen and oxygen atoms in total. The minimum absolute atomic E-state index is 0.0274. The molecule has 2 fully saturated rings. The zero-order chi connectivity index (χ0) is 22.9. The van der Waals surface area contributed by atoms with E-state index in [-0.39, 0.29) is 17.6 Å². The van der Waals surface area contributed by atoms with Crippen LogP contribution >= 0.6 is 0 Å². The van der Waals surface area contributed by atoms with Crippen LogP contribution in [-0.2, 0) is 0 Å². The molecule has 1 aromatic carbocycles. The Morgan fingerprint density at radius 2 is 1.85 bits per heavy atom. The summed E-state index contributed by atoms with van der Waals surface area (Å²) in [6.07, 6.45) is 5.10. The van der Waals surface area contributed by atoms with E-state index in [4.69, 9.17) is 14.7 Å². The van der Waals surface area contributed by atoms with Crippen molar-refractivity contribution in [2.45, 2.75) is 51.4 Å². The number of hydrogen-bond acceptors (Lipinski definition) is 7.